The number of fused-ring (bicyclic) bond motifs is 6. The summed E-state index contributed by atoms with van der Waals surface area (Å²) in [4.78, 5) is 122. The molecule has 1 aromatic heterocycles. The number of amides is 9. The molecule has 20 heteroatoms. The minimum Gasteiger partial charge on any atom is -0.370 e. The number of hydrogen-bond acceptors (Lipinski definition) is 9. The van der Waals surface area contributed by atoms with Crippen LogP contribution in [-0.2, 0) is 59.2 Å². The van der Waals surface area contributed by atoms with E-state index in [2.05, 4.69) is 41.9 Å². The summed E-state index contributed by atoms with van der Waals surface area (Å²) in [5.41, 5.74) is 18.7. The van der Waals surface area contributed by atoms with E-state index in [-0.39, 0.29) is 64.0 Å². The van der Waals surface area contributed by atoms with Gasteiger partial charge < -0.3 is 54.1 Å². The lowest BCUT2D eigenvalue weighted by molar-refractivity contribution is -0.144. The predicted molar refractivity (Wildman–Crippen MR) is 264 cm³/mol. The molecule has 0 unspecified atom stereocenters. The van der Waals surface area contributed by atoms with E-state index in [0.717, 1.165) is 26.6 Å². The summed E-state index contributed by atoms with van der Waals surface area (Å²) in [5, 5.41) is 19.2. The lowest BCUT2D eigenvalue weighted by atomic mass is 9.90. The average molecular weight is 967 g/mol. The van der Waals surface area contributed by atoms with Crippen LogP contribution in [0, 0.1) is 0 Å². The summed E-state index contributed by atoms with van der Waals surface area (Å²) in [7, 11) is 0. The van der Waals surface area contributed by atoms with E-state index in [0.29, 0.717) is 35.1 Å². The highest BCUT2D eigenvalue weighted by molar-refractivity contribution is 6.11. The molecule has 5 atom stereocenters. The van der Waals surface area contributed by atoms with Crippen LogP contribution < -0.4 is 49.1 Å². The van der Waals surface area contributed by atoms with Gasteiger partial charge in [-0.2, -0.15) is 0 Å². The number of H-pyrrole nitrogens is 1. The number of benzene rings is 4. The van der Waals surface area contributed by atoms with Crippen molar-refractivity contribution in [3.8, 4) is 0 Å². The summed E-state index contributed by atoms with van der Waals surface area (Å²) < 4.78 is 0. The Morgan fingerprint density at radius 2 is 1.37 bits per heavy atom. The van der Waals surface area contributed by atoms with Gasteiger partial charge in [-0.1, -0.05) is 84.9 Å². The molecule has 5 aromatic rings. The van der Waals surface area contributed by atoms with E-state index < -0.39 is 89.6 Å². The Kier molecular flexibility index (Phi) is 14.9. The maximum Gasteiger partial charge on any atom is 0.325 e. The van der Waals surface area contributed by atoms with Gasteiger partial charge in [0.05, 0.1) is 6.42 Å². The van der Waals surface area contributed by atoms with Crippen LogP contribution in [0.15, 0.2) is 102 Å². The Balaban J connectivity index is 1.18. The second kappa shape index (κ2) is 21.6. The first kappa shape index (κ1) is 49.1. The number of para-hydroxylation sites is 1. The molecule has 3 aliphatic rings. The third-order valence-corrected chi connectivity index (χ3v) is 13.4. The summed E-state index contributed by atoms with van der Waals surface area (Å²) in [6, 6.07) is 20.3. The van der Waals surface area contributed by atoms with Gasteiger partial charge in [0.1, 0.15) is 35.7 Å². The number of hydrogen-bond donors (Lipinski definition) is 10. The van der Waals surface area contributed by atoms with Gasteiger partial charge in [0.2, 0.25) is 35.4 Å². The molecule has 0 radical (unpaired) electrons. The van der Waals surface area contributed by atoms with Crippen molar-refractivity contribution in [2.45, 2.75) is 100.0 Å². The zero-order valence-corrected chi connectivity index (χ0v) is 39.0. The van der Waals surface area contributed by atoms with Crippen molar-refractivity contribution in [2.24, 2.45) is 22.2 Å². The predicted octanol–water partition coefficient (Wildman–Crippen LogP) is 0.733. The summed E-state index contributed by atoms with van der Waals surface area (Å²) in [6.45, 7) is 0.206. The van der Waals surface area contributed by atoms with Crippen molar-refractivity contribution >= 4 is 75.0 Å². The molecular weight excluding hydrogens is 909 g/mol. The number of aromatic amines is 1. The summed E-state index contributed by atoms with van der Waals surface area (Å²) in [6.07, 6.45) is 1.89. The van der Waals surface area contributed by atoms with Gasteiger partial charge in [-0.15, -0.1) is 0 Å². The van der Waals surface area contributed by atoms with Crippen molar-refractivity contribution in [1.82, 2.24) is 41.8 Å². The molecule has 3 heterocycles. The van der Waals surface area contributed by atoms with Crippen LogP contribution in [0.1, 0.15) is 60.8 Å². The zero-order valence-electron chi connectivity index (χ0n) is 39.0. The summed E-state index contributed by atoms with van der Waals surface area (Å²) in [5.74, 6) is -5.43. The number of aliphatic imine (C=N–C) groups is 1. The van der Waals surface area contributed by atoms with Gasteiger partial charge in [0.15, 0.2) is 5.96 Å². The van der Waals surface area contributed by atoms with E-state index in [1.165, 1.54) is 0 Å². The number of nitrogens with two attached hydrogens (primary N) is 3. The van der Waals surface area contributed by atoms with Gasteiger partial charge in [0, 0.05) is 55.9 Å². The molecule has 2 saturated heterocycles. The Morgan fingerprint density at radius 3 is 2.11 bits per heavy atom. The van der Waals surface area contributed by atoms with Gasteiger partial charge in [-0.05, 0) is 71.2 Å². The molecular formula is C51H58N12O8. The van der Waals surface area contributed by atoms with Crippen LogP contribution >= 0.6 is 0 Å². The Labute approximate surface area is 408 Å². The highest BCUT2D eigenvalue weighted by Gasteiger charge is 2.58. The number of urea groups is 1. The second-order valence-corrected chi connectivity index (χ2v) is 18.4. The van der Waals surface area contributed by atoms with Gasteiger partial charge >= 0.3 is 6.03 Å². The average Bonchev–Trinajstić information content (AvgIpc) is 4.03. The largest absolute Gasteiger partial charge is 0.370 e. The number of carbonyl (C=O) groups excluding carboxylic acids is 8. The molecule has 2 aliphatic heterocycles. The minimum atomic E-state index is -1.87. The van der Waals surface area contributed by atoms with E-state index in [1.807, 2.05) is 66.7 Å². The van der Waals surface area contributed by atoms with Crippen molar-refractivity contribution in [3.05, 3.63) is 119 Å². The number of aromatic nitrogens is 1. The molecule has 4 aromatic carbocycles. The van der Waals surface area contributed by atoms with Gasteiger partial charge in [0.25, 0.3) is 5.91 Å². The SMILES string of the molecule is NC(=O)[C@H]1CCCCNC(=O)C[C@@H]2NC(=O)N(C2=O)C2(Cc3ccccc3C2)C(=O)N[C@H](Cc2ccc3ccccc3c2)C(=O)N[C@H](CCCN=C(N)N)C(=O)N[C@@H](Cc2c[nH]c3ccccc23)C(=O)N1. The van der Waals surface area contributed by atoms with Crippen molar-refractivity contribution in [2.75, 3.05) is 13.1 Å². The lowest BCUT2D eigenvalue weighted by Crippen LogP contribution is -2.65. The Morgan fingerprint density at radius 1 is 0.704 bits per heavy atom. The smallest absolute Gasteiger partial charge is 0.325 e. The van der Waals surface area contributed by atoms with Gasteiger partial charge in [-0.25, -0.2) is 9.69 Å². The summed E-state index contributed by atoms with van der Waals surface area (Å²) >= 11 is 0. The van der Waals surface area contributed by atoms with Crippen LogP contribution in [-0.4, -0.2) is 112 Å². The van der Waals surface area contributed by atoms with E-state index >= 15 is 9.59 Å². The minimum absolute atomic E-state index is 0.0355. The Hall–Kier alpha value is -8.29. The van der Waals surface area contributed by atoms with Crippen molar-refractivity contribution in [1.29, 1.82) is 0 Å². The lowest BCUT2D eigenvalue weighted by Gasteiger charge is -2.36. The number of nitrogens with one attached hydrogen (secondary N) is 7. The first-order chi connectivity index (χ1) is 34.2. The second-order valence-electron chi connectivity index (χ2n) is 18.4. The maximum absolute atomic E-state index is 15.3. The van der Waals surface area contributed by atoms with Crippen LogP contribution in [0.25, 0.3) is 21.7 Å². The molecule has 13 N–H and O–H groups in total. The maximum atomic E-state index is 15.3. The Bertz CT molecular complexity index is 2890. The topological polar surface area (TPSA) is 318 Å². The van der Waals surface area contributed by atoms with Crippen LogP contribution in [0.5, 0.6) is 0 Å². The number of guanidine groups is 1. The van der Waals surface area contributed by atoms with Crippen molar-refractivity contribution in [3.63, 3.8) is 0 Å². The van der Waals surface area contributed by atoms with E-state index in [1.54, 1.807) is 30.5 Å². The fraction of sp³-hybridized carbons (Fsp3) is 0.353. The molecule has 370 valence electrons. The molecule has 1 spiro atoms. The molecule has 0 saturated carbocycles. The highest BCUT2D eigenvalue weighted by Crippen LogP contribution is 2.38. The van der Waals surface area contributed by atoms with Crippen LogP contribution in [0.4, 0.5) is 4.79 Å². The van der Waals surface area contributed by atoms with Crippen LogP contribution in [0.3, 0.4) is 0 Å². The van der Waals surface area contributed by atoms with E-state index in [4.69, 9.17) is 17.2 Å². The third-order valence-electron chi connectivity index (χ3n) is 13.4. The number of imide groups is 1. The molecule has 2 fully saturated rings. The molecule has 1 aliphatic carbocycles. The standard InChI is InChI=1S/C51H58N12O8/c52-43(65)37-16-7-8-20-55-42(64)25-41-47(69)63(50(71)62-41)51(26-32-12-3-4-13-33(32)27-51)48(70)61-39(23-29-18-19-30-10-1-2-11-31(30)22-29)45(67)59-38(17-9-21-56-49(53)54)44(66)60-40(46(68)58-37)24-34-28-57-36-15-6-5-14-35(34)36/h1-6,10-15,18-19,22,28,37-41,57H,7-9,16-17,20-21,23-27H2,(H2,52,65)(H,55,64)(H,58,68)(H,59,67)(H,60,66)(H,61,70)(H,62,71)(H4,53,54,56)/t37-,38-,39-,40+,41+/m1/s1. The molecule has 20 nitrogen and oxygen atoms in total. The fourth-order valence-electron chi connectivity index (χ4n) is 9.76. The normalized spacial score (nSPS) is 22.5. The van der Waals surface area contributed by atoms with E-state index in [9.17, 15) is 28.8 Å². The third kappa shape index (κ3) is 11.3. The first-order valence-corrected chi connectivity index (χ1v) is 23.8. The first-order valence-electron chi connectivity index (χ1n) is 23.8. The number of carbonyl (C=O) groups is 8. The molecule has 9 amide bonds. The zero-order chi connectivity index (χ0) is 50.2. The van der Waals surface area contributed by atoms with Crippen LogP contribution in [0.2, 0.25) is 0 Å². The highest BCUT2D eigenvalue weighted by atomic mass is 16.2. The number of rotatable bonds is 9. The molecule has 71 heavy (non-hydrogen) atoms. The number of primary amides is 1. The monoisotopic (exact) mass is 966 g/mol. The van der Waals surface area contributed by atoms with Crippen molar-refractivity contribution < 1.29 is 38.4 Å². The van der Waals surface area contributed by atoms with Gasteiger partial charge in [-0.3, -0.25) is 38.6 Å². The quantitative estimate of drug-likeness (QED) is 0.0428. The number of nitrogens with zero attached hydrogens (tertiary/aromatic N) is 2. The molecule has 2 bridgehead atoms. The fourth-order valence-corrected chi connectivity index (χ4v) is 9.76. The molecule has 8 rings (SSSR count).